The Bertz CT molecular complexity index is 1130. The van der Waals surface area contributed by atoms with Crippen LogP contribution in [0.3, 0.4) is 0 Å². The molecule has 3 heterocycles. The van der Waals surface area contributed by atoms with Gasteiger partial charge in [0.1, 0.15) is 5.75 Å². The molecule has 2 aromatic carbocycles. The van der Waals surface area contributed by atoms with E-state index in [4.69, 9.17) is 4.74 Å². The average Bonchev–Trinajstić information content (AvgIpc) is 3.31. The van der Waals surface area contributed by atoms with Crippen molar-refractivity contribution >= 4 is 22.2 Å². The van der Waals surface area contributed by atoms with Gasteiger partial charge < -0.3 is 10.1 Å². The van der Waals surface area contributed by atoms with Crippen molar-refractivity contribution in [2.24, 2.45) is 0 Å². The second kappa shape index (κ2) is 7.13. The number of hydrogen-bond acceptors (Lipinski definition) is 4. The Morgan fingerprint density at radius 1 is 1.18 bits per heavy atom. The van der Waals surface area contributed by atoms with E-state index in [1.165, 1.54) is 0 Å². The Balaban J connectivity index is 1.34. The van der Waals surface area contributed by atoms with Gasteiger partial charge in [-0.2, -0.15) is 0 Å². The summed E-state index contributed by atoms with van der Waals surface area (Å²) in [5.41, 5.74) is 4.00. The highest BCUT2D eigenvalue weighted by Crippen LogP contribution is 2.31. The number of aromatic nitrogens is 2. The molecule has 1 atom stereocenters. The zero-order valence-electron chi connectivity index (χ0n) is 15.2. The third-order valence-electron chi connectivity index (χ3n) is 4.99. The summed E-state index contributed by atoms with van der Waals surface area (Å²) < 4.78 is 7.70. The second-order valence-electron chi connectivity index (χ2n) is 6.84. The standard InChI is InChI=1S/C22H19N3O2S/c26-21(23-18-10-11-27-20-9-5-4-8-17(18)20)12-16-14-28-22-24-19(13-25(16)22)15-6-2-1-3-7-15/h1-9,13-14,18H,10-12H2,(H,23,26)/t18-/m1/s1. The minimum atomic E-state index is -0.00533. The Labute approximate surface area is 166 Å². The van der Waals surface area contributed by atoms with Crippen molar-refractivity contribution in [2.45, 2.75) is 18.9 Å². The smallest absolute Gasteiger partial charge is 0.226 e. The number of para-hydroxylation sites is 1. The molecule has 0 aliphatic carbocycles. The molecule has 1 amide bonds. The van der Waals surface area contributed by atoms with E-state index in [1.54, 1.807) is 11.3 Å². The Hall–Kier alpha value is -3.12. The average molecular weight is 389 g/mol. The number of hydrogen-bond donors (Lipinski definition) is 1. The maximum absolute atomic E-state index is 12.7. The van der Waals surface area contributed by atoms with Crippen LogP contribution < -0.4 is 10.1 Å². The molecule has 0 bridgehead atoms. The molecule has 5 rings (SSSR count). The molecule has 1 N–H and O–H groups in total. The highest BCUT2D eigenvalue weighted by Gasteiger charge is 2.23. The van der Waals surface area contributed by atoms with E-state index in [2.05, 4.69) is 10.3 Å². The second-order valence-corrected chi connectivity index (χ2v) is 7.68. The van der Waals surface area contributed by atoms with Gasteiger partial charge in [-0.25, -0.2) is 4.98 Å². The van der Waals surface area contributed by atoms with Crippen LogP contribution in [-0.2, 0) is 11.2 Å². The predicted octanol–water partition coefficient (Wildman–Crippen LogP) is 4.25. The van der Waals surface area contributed by atoms with Crippen LogP contribution >= 0.6 is 11.3 Å². The van der Waals surface area contributed by atoms with Gasteiger partial charge in [0.25, 0.3) is 0 Å². The number of imidazole rings is 1. The summed E-state index contributed by atoms with van der Waals surface area (Å²) in [5, 5.41) is 5.18. The fourth-order valence-electron chi connectivity index (χ4n) is 3.61. The van der Waals surface area contributed by atoms with Crippen molar-refractivity contribution in [3.05, 3.63) is 77.4 Å². The van der Waals surface area contributed by atoms with E-state index in [0.717, 1.165) is 39.6 Å². The van der Waals surface area contributed by atoms with Crippen LogP contribution in [-0.4, -0.2) is 21.9 Å². The number of thiazole rings is 1. The molecule has 0 saturated heterocycles. The summed E-state index contributed by atoms with van der Waals surface area (Å²) in [4.78, 5) is 18.3. The molecular weight excluding hydrogens is 370 g/mol. The molecule has 5 nitrogen and oxygen atoms in total. The Morgan fingerprint density at radius 3 is 2.89 bits per heavy atom. The van der Waals surface area contributed by atoms with Crippen molar-refractivity contribution in [1.29, 1.82) is 0 Å². The number of amides is 1. The summed E-state index contributed by atoms with van der Waals surface area (Å²) in [5.74, 6) is 0.871. The van der Waals surface area contributed by atoms with Crippen molar-refractivity contribution in [2.75, 3.05) is 6.61 Å². The molecular formula is C22H19N3O2S. The summed E-state index contributed by atoms with van der Waals surface area (Å²) >= 11 is 1.56. The molecule has 140 valence electrons. The van der Waals surface area contributed by atoms with Crippen molar-refractivity contribution < 1.29 is 9.53 Å². The molecule has 0 fully saturated rings. The highest BCUT2D eigenvalue weighted by molar-refractivity contribution is 7.15. The third-order valence-corrected chi connectivity index (χ3v) is 5.88. The molecule has 0 spiro atoms. The van der Waals surface area contributed by atoms with Gasteiger partial charge in [-0.3, -0.25) is 9.20 Å². The van der Waals surface area contributed by atoms with Gasteiger partial charge in [-0.15, -0.1) is 11.3 Å². The van der Waals surface area contributed by atoms with Gasteiger partial charge >= 0.3 is 0 Å². The van der Waals surface area contributed by atoms with E-state index in [-0.39, 0.29) is 11.9 Å². The fraction of sp³-hybridized carbons (Fsp3) is 0.182. The van der Waals surface area contributed by atoms with Gasteiger partial charge in [0, 0.05) is 34.8 Å². The number of benzene rings is 2. The van der Waals surface area contributed by atoms with E-state index in [0.29, 0.717) is 13.0 Å². The maximum Gasteiger partial charge on any atom is 0.226 e. The van der Waals surface area contributed by atoms with Crippen LogP contribution in [0.4, 0.5) is 0 Å². The highest BCUT2D eigenvalue weighted by atomic mass is 32.1. The lowest BCUT2D eigenvalue weighted by Crippen LogP contribution is -2.33. The quantitative estimate of drug-likeness (QED) is 0.568. The first kappa shape index (κ1) is 17.0. The summed E-state index contributed by atoms with van der Waals surface area (Å²) in [6, 6.07) is 18.0. The van der Waals surface area contributed by atoms with Crippen molar-refractivity contribution in [3.63, 3.8) is 0 Å². The van der Waals surface area contributed by atoms with Crippen LogP contribution in [0.25, 0.3) is 16.2 Å². The summed E-state index contributed by atoms with van der Waals surface area (Å²) in [6.07, 6.45) is 3.11. The minimum absolute atomic E-state index is 0.00533. The number of nitrogens with one attached hydrogen (secondary N) is 1. The number of rotatable bonds is 4. The van der Waals surface area contributed by atoms with E-state index in [9.17, 15) is 4.79 Å². The van der Waals surface area contributed by atoms with Gasteiger partial charge in [-0.05, 0) is 6.07 Å². The maximum atomic E-state index is 12.7. The van der Waals surface area contributed by atoms with Crippen LogP contribution in [0.2, 0.25) is 0 Å². The van der Waals surface area contributed by atoms with Crippen molar-refractivity contribution in [3.8, 4) is 17.0 Å². The molecule has 1 aliphatic rings. The Morgan fingerprint density at radius 2 is 2.00 bits per heavy atom. The minimum Gasteiger partial charge on any atom is -0.493 e. The number of ether oxygens (including phenoxy) is 1. The number of fused-ring (bicyclic) bond motifs is 2. The number of nitrogens with zero attached hydrogens (tertiary/aromatic N) is 2. The molecule has 0 saturated carbocycles. The van der Waals surface area contributed by atoms with E-state index >= 15 is 0 Å². The van der Waals surface area contributed by atoms with Crippen molar-refractivity contribution in [1.82, 2.24) is 14.7 Å². The molecule has 1 aliphatic heterocycles. The normalized spacial score (nSPS) is 15.8. The molecule has 2 aromatic heterocycles. The summed E-state index contributed by atoms with van der Waals surface area (Å²) in [7, 11) is 0. The number of carbonyl (C=O) groups excluding carboxylic acids is 1. The van der Waals surface area contributed by atoms with E-state index in [1.807, 2.05) is 70.6 Å². The lowest BCUT2D eigenvalue weighted by Gasteiger charge is -2.26. The first-order valence-corrected chi connectivity index (χ1v) is 10.2. The lowest BCUT2D eigenvalue weighted by molar-refractivity contribution is -0.121. The molecule has 28 heavy (non-hydrogen) atoms. The molecule has 0 radical (unpaired) electrons. The van der Waals surface area contributed by atoms with Gasteiger partial charge in [0.2, 0.25) is 5.91 Å². The lowest BCUT2D eigenvalue weighted by atomic mass is 10.0. The Kier molecular flexibility index (Phi) is 4.33. The monoisotopic (exact) mass is 389 g/mol. The molecule has 4 aromatic rings. The van der Waals surface area contributed by atoms with Crippen LogP contribution in [0.1, 0.15) is 23.7 Å². The van der Waals surface area contributed by atoms with Crippen LogP contribution in [0, 0.1) is 0 Å². The first-order chi connectivity index (χ1) is 13.8. The topological polar surface area (TPSA) is 55.6 Å². The van der Waals surface area contributed by atoms with Crippen LogP contribution in [0.15, 0.2) is 66.2 Å². The zero-order chi connectivity index (χ0) is 18.9. The fourth-order valence-corrected chi connectivity index (χ4v) is 4.48. The zero-order valence-corrected chi connectivity index (χ0v) is 16.0. The van der Waals surface area contributed by atoms with Crippen LogP contribution in [0.5, 0.6) is 5.75 Å². The number of carbonyl (C=O) groups is 1. The van der Waals surface area contributed by atoms with Gasteiger partial charge in [-0.1, -0.05) is 48.5 Å². The molecule has 6 heteroatoms. The van der Waals surface area contributed by atoms with E-state index < -0.39 is 0 Å². The van der Waals surface area contributed by atoms with Gasteiger partial charge in [0.15, 0.2) is 4.96 Å². The van der Waals surface area contributed by atoms with Gasteiger partial charge in [0.05, 0.1) is 24.8 Å². The molecule has 0 unspecified atom stereocenters. The first-order valence-electron chi connectivity index (χ1n) is 9.30. The third kappa shape index (κ3) is 3.16. The summed E-state index contributed by atoms with van der Waals surface area (Å²) in [6.45, 7) is 0.618. The SMILES string of the molecule is O=C(Cc1csc2nc(-c3ccccc3)cn12)N[C@@H]1CCOc2ccccc21. The largest absolute Gasteiger partial charge is 0.493 e. The predicted molar refractivity (Wildman–Crippen MR) is 110 cm³/mol.